The normalized spacial score (nSPS) is 12.6. The van der Waals surface area contributed by atoms with Crippen molar-refractivity contribution in [2.75, 3.05) is 5.32 Å². The summed E-state index contributed by atoms with van der Waals surface area (Å²) in [5, 5.41) is 10.1. The molecule has 0 unspecified atom stereocenters. The minimum absolute atomic E-state index is 0.0467. The molecule has 26 heavy (non-hydrogen) atoms. The molecule has 0 aliphatic heterocycles. The highest BCUT2D eigenvalue weighted by Crippen LogP contribution is 2.31. The van der Waals surface area contributed by atoms with Crippen molar-refractivity contribution in [1.82, 2.24) is 19.6 Å². The lowest BCUT2D eigenvalue weighted by Gasteiger charge is -2.20. The molecule has 6 heteroatoms. The Hall–Kier alpha value is -2.73. The van der Waals surface area contributed by atoms with E-state index in [-0.39, 0.29) is 6.04 Å². The first-order chi connectivity index (χ1) is 12.6. The standard InChI is InChI=1S/C20H21N5S/c1-13(2)15-6-8-16(9-7-15)19(17-5-4-10-26-17)24-18-11-14(3)23-20-21-12-22-25(18)20/h4-13,19,24H,1-3H3/t19-/m0/s1. The van der Waals surface area contributed by atoms with Gasteiger partial charge in [0.2, 0.25) is 0 Å². The molecule has 0 bridgehead atoms. The van der Waals surface area contributed by atoms with Crippen molar-refractivity contribution in [2.45, 2.75) is 32.7 Å². The number of aromatic nitrogens is 4. The average molecular weight is 363 g/mol. The number of nitrogens with zero attached hydrogens (tertiary/aromatic N) is 4. The maximum atomic E-state index is 4.42. The number of hydrogen-bond acceptors (Lipinski definition) is 5. The van der Waals surface area contributed by atoms with Crippen LogP contribution in [-0.2, 0) is 0 Å². The smallest absolute Gasteiger partial charge is 0.254 e. The number of aryl methyl sites for hydroxylation is 1. The van der Waals surface area contributed by atoms with Crippen molar-refractivity contribution in [3.05, 3.63) is 75.9 Å². The lowest BCUT2D eigenvalue weighted by atomic mass is 9.98. The highest BCUT2D eigenvalue weighted by Gasteiger charge is 2.18. The summed E-state index contributed by atoms with van der Waals surface area (Å²) in [5.41, 5.74) is 3.48. The first kappa shape index (κ1) is 16.7. The summed E-state index contributed by atoms with van der Waals surface area (Å²) < 4.78 is 1.75. The van der Waals surface area contributed by atoms with Crippen LogP contribution in [0.15, 0.2) is 54.2 Å². The lowest BCUT2D eigenvalue weighted by Crippen LogP contribution is -2.14. The fourth-order valence-corrected chi connectivity index (χ4v) is 3.83. The molecule has 5 nitrogen and oxygen atoms in total. The van der Waals surface area contributed by atoms with Gasteiger partial charge >= 0.3 is 0 Å². The van der Waals surface area contributed by atoms with Crippen molar-refractivity contribution in [1.29, 1.82) is 0 Å². The first-order valence-electron chi connectivity index (χ1n) is 8.69. The number of anilines is 1. The minimum atomic E-state index is 0.0467. The number of benzene rings is 1. The molecule has 0 fully saturated rings. The van der Waals surface area contributed by atoms with Gasteiger partial charge < -0.3 is 5.32 Å². The van der Waals surface area contributed by atoms with Crippen LogP contribution in [0.3, 0.4) is 0 Å². The van der Waals surface area contributed by atoms with Gasteiger partial charge in [0.1, 0.15) is 12.1 Å². The third-order valence-electron chi connectivity index (χ3n) is 4.44. The van der Waals surface area contributed by atoms with Crippen LogP contribution in [0, 0.1) is 6.92 Å². The maximum absolute atomic E-state index is 4.42. The van der Waals surface area contributed by atoms with Crippen LogP contribution in [0.5, 0.6) is 0 Å². The molecule has 0 saturated heterocycles. The Kier molecular flexibility index (Phi) is 4.42. The monoisotopic (exact) mass is 363 g/mol. The molecule has 4 aromatic rings. The molecule has 0 aliphatic rings. The van der Waals surface area contributed by atoms with Crippen LogP contribution < -0.4 is 5.32 Å². The van der Waals surface area contributed by atoms with Crippen LogP contribution in [0.25, 0.3) is 5.78 Å². The number of hydrogen-bond donors (Lipinski definition) is 1. The molecule has 3 heterocycles. The van der Waals surface area contributed by atoms with Crippen LogP contribution >= 0.6 is 11.3 Å². The molecule has 1 atom stereocenters. The molecule has 0 aliphatic carbocycles. The van der Waals surface area contributed by atoms with E-state index in [0.717, 1.165) is 11.5 Å². The highest BCUT2D eigenvalue weighted by atomic mass is 32.1. The third-order valence-corrected chi connectivity index (χ3v) is 5.37. The topological polar surface area (TPSA) is 55.1 Å². The largest absolute Gasteiger partial charge is 0.358 e. The number of nitrogens with one attached hydrogen (secondary N) is 1. The Bertz CT molecular complexity index is 1000. The lowest BCUT2D eigenvalue weighted by molar-refractivity contribution is 0.856. The molecule has 0 amide bonds. The molecule has 1 N–H and O–H groups in total. The maximum Gasteiger partial charge on any atom is 0.254 e. The Balaban J connectivity index is 1.75. The Labute approximate surface area is 156 Å². The highest BCUT2D eigenvalue weighted by molar-refractivity contribution is 7.10. The zero-order valence-electron chi connectivity index (χ0n) is 15.0. The van der Waals surface area contributed by atoms with Crippen LogP contribution in [-0.4, -0.2) is 19.6 Å². The van der Waals surface area contributed by atoms with Gasteiger partial charge in [-0.3, -0.25) is 0 Å². The van der Waals surface area contributed by atoms with Gasteiger partial charge in [-0.15, -0.1) is 11.3 Å². The predicted molar refractivity (Wildman–Crippen MR) is 106 cm³/mol. The fourth-order valence-electron chi connectivity index (χ4n) is 3.03. The zero-order valence-corrected chi connectivity index (χ0v) is 15.9. The van der Waals surface area contributed by atoms with Crippen molar-refractivity contribution >= 4 is 22.9 Å². The van der Waals surface area contributed by atoms with E-state index >= 15 is 0 Å². The molecule has 4 rings (SSSR count). The minimum Gasteiger partial charge on any atom is -0.358 e. The molecule has 0 saturated carbocycles. The summed E-state index contributed by atoms with van der Waals surface area (Å²) in [4.78, 5) is 9.89. The van der Waals surface area contributed by atoms with E-state index in [4.69, 9.17) is 0 Å². The van der Waals surface area contributed by atoms with Gasteiger partial charge in [0.15, 0.2) is 0 Å². The van der Waals surface area contributed by atoms with E-state index in [0.29, 0.717) is 11.7 Å². The van der Waals surface area contributed by atoms with Crippen molar-refractivity contribution in [2.24, 2.45) is 0 Å². The molecule has 3 aromatic heterocycles. The second-order valence-corrected chi connectivity index (χ2v) is 7.65. The van der Waals surface area contributed by atoms with Crippen LogP contribution in [0.4, 0.5) is 5.82 Å². The van der Waals surface area contributed by atoms with Crippen molar-refractivity contribution < 1.29 is 0 Å². The van der Waals surface area contributed by atoms with Gasteiger partial charge in [-0.2, -0.15) is 14.6 Å². The summed E-state index contributed by atoms with van der Waals surface area (Å²) >= 11 is 1.74. The second-order valence-electron chi connectivity index (χ2n) is 6.67. The molecule has 0 radical (unpaired) electrons. The molecule has 0 spiro atoms. The number of rotatable bonds is 5. The van der Waals surface area contributed by atoms with Crippen LogP contribution in [0.1, 0.15) is 47.5 Å². The van der Waals surface area contributed by atoms with Gasteiger partial charge in [-0.25, -0.2) is 4.98 Å². The summed E-state index contributed by atoms with van der Waals surface area (Å²) in [5.74, 6) is 2.01. The summed E-state index contributed by atoms with van der Waals surface area (Å²) in [6.45, 7) is 6.40. The quantitative estimate of drug-likeness (QED) is 0.552. The third kappa shape index (κ3) is 3.20. The van der Waals surface area contributed by atoms with E-state index in [1.54, 1.807) is 15.9 Å². The molecular formula is C20H21N5S. The van der Waals surface area contributed by atoms with Gasteiger partial charge in [-0.1, -0.05) is 44.2 Å². The predicted octanol–water partition coefficient (Wildman–Crippen LogP) is 4.82. The van der Waals surface area contributed by atoms with Gasteiger partial charge in [0.05, 0.1) is 6.04 Å². The van der Waals surface area contributed by atoms with Gasteiger partial charge in [0, 0.05) is 16.6 Å². The summed E-state index contributed by atoms with van der Waals surface area (Å²) in [7, 11) is 0. The second kappa shape index (κ2) is 6.88. The van der Waals surface area contributed by atoms with Crippen LogP contribution in [0.2, 0.25) is 0 Å². The van der Waals surface area contributed by atoms with Gasteiger partial charge in [-0.05, 0) is 35.4 Å². The molecule has 132 valence electrons. The van der Waals surface area contributed by atoms with E-state index < -0.39 is 0 Å². The van der Waals surface area contributed by atoms with Crippen molar-refractivity contribution in [3.8, 4) is 0 Å². The Morgan fingerprint density at radius 1 is 1.08 bits per heavy atom. The summed E-state index contributed by atoms with van der Waals surface area (Å²) in [6.07, 6.45) is 1.53. The Morgan fingerprint density at radius 3 is 2.54 bits per heavy atom. The van der Waals surface area contributed by atoms with Gasteiger partial charge in [0.25, 0.3) is 5.78 Å². The van der Waals surface area contributed by atoms with E-state index in [2.05, 4.69) is 76.0 Å². The molecular weight excluding hydrogens is 342 g/mol. The number of thiophene rings is 1. The number of fused-ring (bicyclic) bond motifs is 1. The summed E-state index contributed by atoms with van der Waals surface area (Å²) in [6, 6.07) is 15.1. The van der Waals surface area contributed by atoms with Crippen molar-refractivity contribution in [3.63, 3.8) is 0 Å². The SMILES string of the molecule is Cc1cc(N[C@@H](c2ccc(C(C)C)cc2)c2cccs2)n2ncnc2n1. The fraction of sp³-hybridized carbons (Fsp3) is 0.250. The average Bonchev–Trinajstić information content (AvgIpc) is 3.31. The van der Waals surface area contributed by atoms with E-state index in [9.17, 15) is 0 Å². The molecule has 1 aromatic carbocycles. The van der Waals surface area contributed by atoms with E-state index in [1.807, 2.05) is 13.0 Å². The zero-order chi connectivity index (χ0) is 18.1. The first-order valence-corrected chi connectivity index (χ1v) is 9.57. The van der Waals surface area contributed by atoms with E-state index in [1.165, 1.54) is 22.3 Å². The Morgan fingerprint density at radius 2 is 1.85 bits per heavy atom.